The molecule has 0 bridgehead atoms. The Labute approximate surface area is 139 Å². The molecule has 2 aliphatic rings. The van der Waals surface area contributed by atoms with Crippen LogP contribution in [0.2, 0.25) is 0 Å². The fourth-order valence-corrected chi connectivity index (χ4v) is 2.84. The van der Waals surface area contributed by atoms with Crippen LogP contribution in [0.1, 0.15) is 36.3 Å². The highest BCUT2D eigenvalue weighted by molar-refractivity contribution is 6.13. The van der Waals surface area contributed by atoms with Gasteiger partial charge < -0.3 is 13.9 Å². The molecule has 122 valence electrons. The molecule has 2 aromatic rings. The zero-order valence-electron chi connectivity index (χ0n) is 13.5. The first-order valence-electron chi connectivity index (χ1n) is 7.91. The summed E-state index contributed by atoms with van der Waals surface area (Å²) in [6.07, 6.45) is 2.77. The van der Waals surface area contributed by atoms with Crippen molar-refractivity contribution >= 4 is 17.9 Å². The predicted octanol–water partition coefficient (Wildman–Crippen LogP) is 3.76. The van der Waals surface area contributed by atoms with Gasteiger partial charge in [0.1, 0.15) is 17.3 Å². The Kier molecular flexibility index (Phi) is 3.49. The number of carbonyl (C=O) groups is 1. The van der Waals surface area contributed by atoms with Crippen molar-refractivity contribution in [1.82, 2.24) is 0 Å². The molecule has 1 saturated carbocycles. The first-order valence-corrected chi connectivity index (χ1v) is 7.91. The van der Waals surface area contributed by atoms with Crippen LogP contribution < -0.4 is 4.74 Å². The first kappa shape index (κ1) is 14.8. The molecule has 24 heavy (non-hydrogen) atoms. The second-order valence-electron chi connectivity index (χ2n) is 6.10. The van der Waals surface area contributed by atoms with Crippen molar-refractivity contribution in [3.8, 4) is 5.75 Å². The van der Waals surface area contributed by atoms with Crippen LogP contribution in [-0.4, -0.2) is 19.0 Å². The smallest absolute Gasteiger partial charge is 0.363 e. The van der Waals surface area contributed by atoms with Gasteiger partial charge in [0.2, 0.25) is 5.90 Å². The molecule has 2 heterocycles. The van der Waals surface area contributed by atoms with E-state index in [9.17, 15) is 4.79 Å². The van der Waals surface area contributed by atoms with Crippen LogP contribution in [-0.2, 0) is 9.53 Å². The summed E-state index contributed by atoms with van der Waals surface area (Å²) < 4.78 is 16.4. The normalized spacial score (nSPS) is 24.0. The summed E-state index contributed by atoms with van der Waals surface area (Å²) in [4.78, 5) is 16.4. The molecule has 5 nitrogen and oxygen atoms in total. The summed E-state index contributed by atoms with van der Waals surface area (Å²) in [6, 6.07) is 11.1. The molecule has 5 heteroatoms. The summed E-state index contributed by atoms with van der Waals surface area (Å²) in [5.41, 5.74) is 0.865. The first-order chi connectivity index (χ1) is 11.7. The minimum absolute atomic E-state index is 0.223. The largest absolute Gasteiger partial charge is 0.496 e. The molecule has 0 saturated heterocycles. The van der Waals surface area contributed by atoms with E-state index in [2.05, 4.69) is 11.9 Å². The quantitative estimate of drug-likeness (QED) is 0.635. The van der Waals surface area contributed by atoms with Crippen LogP contribution in [0.5, 0.6) is 5.75 Å². The van der Waals surface area contributed by atoms with Gasteiger partial charge in [-0.3, -0.25) is 0 Å². The Balaban J connectivity index is 1.62. The molecule has 1 aromatic heterocycles. The summed E-state index contributed by atoms with van der Waals surface area (Å²) in [6.45, 7) is 2.20. The molecular weight excluding hydrogens is 306 g/mol. The van der Waals surface area contributed by atoms with Crippen molar-refractivity contribution in [2.75, 3.05) is 7.11 Å². The number of carbonyl (C=O) groups excluding carboxylic acids is 1. The van der Waals surface area contributed by atoms with Gasteiger partial charge in [0.15, 0.2) is 5.70 Å². The lowest BCUT2D eigenvalue weighted by Gasteiger charge is -2.05. The number of ether oxygens (including phenoxy) is 2. The molecule has 2 atom stereocenters. The summed E-state index contributed by atoms with van der Waals surface area (Å²) in [5, 5.41) is 0. The third-order valence-corrected chi connectivity index (χ3v) is 4.36. The van der Waals surface area contributed by atoms with Gasteiger partial charge in [0.25, 0.3) is 0 Å². The number of rotatable bonds is 4. The number of aliphatic imine (C=N–C) groups is 1. The van der Waals surface area contributed by atoms with Crippen LogP contribution >= 0.6 is 0 Å². The maximum Gasteiger partial charge on any atom is 0.363 e. The van der Waals surface area contributed by atoms with Gasteiger partial charge in [-0.15, -0.1) is 0 Å². The molecule has 0 spiro atoms. The standard InChI is InChI=1S/C19H17NO4/c1-11-9-14(11)17-8-7-12(23-17)10-15-19(21)24-18(20-15)13-5-3-4-6-16(13)22-2/h3-8,10-11,14H,9H2,1-2H3/b15-10+. The number of hydrogen-bond donors (Lipinski definition) is 0. The Hall–Kier alpha value is -2.82. The number of methoxy groups -OCH3 is 1. The summed E-state index contributed by atoms with van der Waals surface area (Å²) in [7, 11) is 1.57. The highest BCUT2D eigenvalue weighted by Gasteiger charge is 2.36. The lowest BCUT2D eigenvalue weighted by Crippen LogP contribution is -2.06. The summed E-state index contributed by atoms with van der Waals surface area (Å²) >= 11 is 0. The van der Waals surface area contributed by atoms with Crippen molar-refractivity contribution in [3.05, 3.63) is 59.2 Å². The van der Waals surface area contributed by atoms with Crippen LogP contribution in [0.4, 0.5) is 0 Å². The Morgan fingerprint density at radius 1 is 1.25 bits per heavy atom. The van der Waals surface area contributed by atoms with Crippen LogP contribution in [0.25, 0.3) is 6.08 Å². The number of furan rings is 1. The SMILES string of the molecule is COc1ccccc1C1=N/C(=C/c2ccc(C3CC3C)o2)C(=O)O1. The van der Waals surface area contributed by atoms with Crippen molar-refractivity contribution in [3.63, 3.8) is 0 Å². The molecule has 1 aliphatic carbocycles. The maximum absolute atomic E-state index is 12.1. The highest BCUT2D eigenvalue weighted by atomic mass is 16.6. The van der Waals surface area contributed by atoms with E-state index < -0.39 is 5.97 Å². The Bertz CT molecular complexity index is 862. The minimum Gasteiger partial charge on any atom is -0.496 e. The van der Waals surface area contributed by atoms with Gasteiger partial charge in [0.05, 0.1) is 12.7 Å². The van der Waals surface area contributed by atoms with Gasteiger partial charge in [0, 0.05) is 12.0 Å². The van der Waals surface area contributed by atoms with Gasteiger partial charge in [-0.25, -0.2) is 9.79 Å². The van der Waals surface area contributed by atoms with E-state index in [1.807, 2.05) is 24.3 Å². The molecule has 0 radical (unpaired) electrons. The molecule has 2 unspecified atom stereocenters. The molecular formula is C19H17NO4. The molecule has 1 aliphatic heterocycles. The number of esters is 1. The van der Waals surface area contributed by atoms with E-state index in [0.717, 1.165) is 12.2 Å². The van der Waals surface area contributed by atoms with Crippen LogP contribution in [0, 0.1) is 5.92 Å². The van der Waals surface area contributed by atoms with E-state index in [1.54, 1.807) is 25.3 Å². The zero-order chi connectivity index (χ0) is 16.7. The lowest BCUT2D eigenvalue weighted by molar-refractivity contribution is -0.129. The van der Waals surface area contributed by atoms with Crippen LogP contribution in [0.15, 0.2) is 51.5 Å². The highest BCUT2D eigenvalue weighted by Crippen LogP contribution is 2.47. The molecule has 0 N–H and O–H groups in total. The number of nitrogens with zero attached hydrogens (tertiary/aromatic N) is 1. The van der Waals surface area contributed by atoms with Crippen molar-refractivity contribution < 1.29 is 18.7 Å². The third-order valence-electron chi connectivity index (χ3n) is 4.36. The molecule has 1 aromatic carbocycles. The number of benzene rings is 1. The monoisotopic (exact) mass is 323 g/mol. The van der Waals surface area contributed by atoms with Gasteiger partial charge in [-0.1, -0.05) is 19.1 Å². The number of hydrogen-bond acceptors (Lipinski definition) is 5. The average molecular weight is 323 g/mol. The van der Waals surface area contributed by atoms with E-state index >= 15 is 0 Å². The predicted molar refractivity (Wildman–Crippen MR) is 88.8 cm³/mol. The Morgan fingerprint density at radius 3 is 2.79 bits per heavy atom. The third kappa shape index (κ3) is 2.62. The van der Waals surface area contributed by atoms with Crippen LogP contribution in [0.3, 0.4) is 0 Å². The van der Waals surface area contributed by atoms with E-state index in [1.165, 1.54) is 0 Å². The molecule has 0 amide bonds. The Morgan fingerprint density at radius 2 is 2.04 bits per heavy atom. The van der Waals surface area contributed by atoms with E-state index in [4.69, 9.17) is 13.9 Å². The van der Waals surface area contributed by atoms with Gasteiger partial charge >= 0.3 is 5.97 Å². The van der Waals surface area contributed by atoms with E-state index in [0.29, 0.717) is 28.9 Å². The van der Waals surface area contributed by atoms with E-state index in [-0.39, 0.29) is 11.6 Å². The lowest BCUT2D eigenvalue weighted by atomic mass is 10.2. The topological polar surface area (TPSA) is 61.0 Å². The average Bonchev–Trinajstić information content (AvgIpc) is 2.98. The van der Waals surface area contributed by atoms with Gasteiger partial charge in [-0.2, -0.15) is 0 Å². The van der Waals surface area contributed by atoms with Crippen molar-refractivity contribution in [1.29, 1.82) is 0 Å². The molecule has 4 rings (SSSR count). The van der Waals surface area contributed by atoms with Gasteiger partial charge in [-0.05, 0) is 36.6 Å². The number of para-hydroxylation sites is 1. The van der Waals surface area contributed by atoms with Crippen molar-refractivity contribution in [2.45, 2.75) is 19.3 Å². The second kappa shape index (κ2) is 5.67. The maximum atomic E-state index is 12.1. The zero-order valence-corrected chi connectivity index (χ0v) is 13.5. The molecule has 1 fully saturated rings. The van der Waals surface area contributed by atoms with Crippen molar-refractivity contribution in [2.24, 2.45) is 10.9 Å². The number of cyclic esters (lactones) is 1. The fraction of sp³-hybridized carbons (Fsp3) is 0.263. The fourth-order valence-electron chi connectivity index (χ4n) is 2.84. The second-order valence-corrected chi connectivity index (χ2v) is 6.10. The summed E-state index contributed by atoms with van der Waals surface area (Å²) in [5.74, 6) is 3.10. The minimum atomic E-state index is -0.492.